The monoisotopic (exact) mass is 523 g/mol. The first-order valence-electron chi connectivity index (χ1n) is 14.4. The van der Waals surface area contributed by atoms with Crippen molar-refractivity contribution in [3.05, 3.63) is 82.4 Å². The standard InChI is InChI=1S/C35H46BNO2/c1-32(2,3)24-18-23-22-37-29-21-25(33(4,5)6)20-28(35(10,11)12)31(29)39-36(37,26-16-14-13-15-17-26)38-30(23)27(19-24)34(7,8)9/h13-22H,1-12H3/t36-/m1/s1. The van der Waals surface area contributed by atoms with E-state index in [1.807, 2.05) is 0 Å². The van der Waals surface area contributed by atoms with Gasteiger partial charge in [0.15, 0.2) is 5.69 Å². The van der Waals surface area contributed by atoms with E-state index in [0.717, 1.165) is 28.2 Å². The Morgan fingerprint density at radius 3 is 1.56 bits per heavy atom. The topological polar surface area (TPSA) is 21.5 Å². The highest BCUT2D eigenvalue weighted by Crippen LogP contribution is 2.50. The van der Waals surface area contributed by atoms with Gasteiger partial charge in [-0.3, -0.25) is 0 Å². The van der Waals surface area contributed by atoms with Crippen molar-refractivity contribution in [1.82, 2.24) is 0 Å². The molecule has 0 fully saturated rings. The molecule has 2 aliphatic heterocycles. The number of fused-ring (bicyclic) bond motifs is 4. The SMILES string of the molecule is CC(C)(C)c1cc2c(c(C(C)(C)C)c1)O[B@-]1(c3ccccc3)Oc3c(cc(C(C)(C)C)cc3C(C)(C)C)[N+]1=C2. The van der Waals surface area contributed by atoms with Crippen LogP contribution < -0.4 is 14.8 Å². The Kier molecular flexibility index (Phi) is 6.00. The van der Waals surface area contributed by atoms with Crippen LogP contribution in [-0.4, -0.2) is 17.4 Å². The average molecular weight is 524 g/mol. The maximum atomic E-state index is 7.27. The predicted octanol–water partition coefficient (Wildman–Crippen LogP) is 8.27. The molecule has 0 aromatic heterocycles. The third-order valence-corrected chi connectivity index (χ3v) is 8.23. The van der Waals surface area contributed by atoms with E-state index < -0.39 is 6.69 Å². The Balaban J connectivity index is 1.89. The van der Waals surface area contributed by atoms with Gasteiger partial charge in [0.05, 0.1) is 11.3 Å². The Bertz CT molecular complexity index is 1450. The highest BCUT2D eigenvalue weighted by molar-refractivity contribution is 6.77. The lowest BCUT2D eigenvalue weighted by molar-refractivity contribution is -0.312. The summed E-state index contributed by atoms with van der Waals surface area (Å²) in [5.74, 6) is 1.86. The molecular weight excluding hydrogens is 477 g/mol. The molecule has 0 unspecified atom stereocenters. The van der Waals surface area contributed by atoms with Crippen LogP contribution in [0, 0.1) is 0 Å². The molecule has 2 aliphatic rings. The van der Waals surface area contributed by atoms with Gasteiger partial charge in [0.2, 0.25) is 0 Å². The van der Waals surface area contributed by atoms with Crippen molar-refractivity contribution in [2.75, 3.05) is 0 Å². The summed E-state index contributed by atoms with van der Waals surface area (Å²) in [7, 11) is 0. The molecule has 0 radical (unpaired) electrons. The van der Waals surface area contributed by atoms with Gasteiger partial charge in [-0.05, 0) is 49.9 Å². The van der Waals surface area contributed by atoms with Crippen LogP contribution in [-0.2, 0) is 21.7 Å². The summed E-state index contributed by atoms with van der Waals surface area (Å²) in [6.07, 6.45) is 2.29. The van der Waals surface area contributed by atoms with E-state index in [1.54, 1.807) is 0 Å². The molecule has 1 atom stereocenters. The minimum atomic E-state index is -2.05. The number of hydrogen-bond acceptors (Lipinski definition) is 2. The van der Waals surface area contributed by atoms with Crippen LogP contribution in [0.4, 0.5) is 5.69 Å². The lowest BCUT2D eigenvalue weighted by atomic mass is 9.62. The highest BCUT2D eigenvalue weighted by atomic mass is 16.6. The van der Waals surface area contributed by atoms with E-state index in [-0.39, 0.29) is 21.7 Å². The molecule has 3 aromatic rings. The van der Waals surface area contributed by atoms with Crippen molar-refractivity contribution in [2.24, 2.45) is 0 Å². The summed E-state index contributed by atoms with van der Waals surface area (Å²) < 4.78 is 16.7. The van der Waals surface area contributed by atoms with Gasteiger partial charge in [0.25, 0.3) is 0 Å². The van der Waals surface area contributed by atoms with E-state index in [9.17, 15) is 0 Å². The van der Waals surface area contributed by atoms with Crippen LogP contribution in [0.25, 0.3) is 0 Å². The molecule has 3 nitrogen and oxygen atoms in total. The van der Waals surface area contributed by atoms with Crippen LogP contribution in [0.3, 0.4) is 0 Å². The Morgan fingerprint density at radius 1 is 0.564 bits per heavy atom. The molecule has 5 rings (SSSR count). The van der Waals surface area contributed by atoms with Crippen molar-refractivity contribution in [2.45, 2.75) is 105 Å². The van der Waals surface area contributed by atoms with Gasteiger partial charge >= 0.3 is 6.69 Å². The van der Waals surface area contributed by atoms with E-state index >= 15 is 0 Å². The van der Waals surface area contributed by atoms with Crippen molar-refractivity contribution in [3.63, 3.8) is 0 Å². The van der Waals surface area contributed by atoms with Gasteiger partial charge in [0, 0.05) is 11.6 Å². The first-order valence-corrected chi connectivity index (χ1v) is 14.4. The smallest absolute Gasteiger partial charge is 0.618 e. The van der Waals surface area contributed by atoms with Crippen molar-refractivity contribution in [3.8, 4) is 11.5 Å². The number of nitrogens with zero attached hydrogens (tertiary/aromatic N) is 1. The highest BCUT2D eigenvalue weighted by Gasteiger charge is 2.59. The van der Waals surface area contributed by atoms with E-state index in [2.05, 4.69) is 148 Å². The molecular formula is C35H46BNO2. The molecule has 39 heavy (non-hydrogen) atoms. The van der Waals surface area contributed by atoms with Gasteiger partial charge in [-0.1, -0.05) is 126 Å². The molecule has 0 amide bonds. The zero-order chi connectivity index (χ0) is 28.8. The fourth-order valence-corrected chi connectivity index (χ4v) is 5.74. The molecule has 0 spiro atoms. The van der Waals surface area contributed by atoms with Crippen LogP contribution in [0.15, 0.2) is 54.6 Å². The molecule has 0 N–H and O–H groups in total. The van der Waals surface area contributed by atoms with Gasteiger partial charge < -0.3 is 13.8 Å². The van der Waals surface area contributed by atoms with Gasteiger partial charge in [-0.25, -0.2) is 0 Å². The molecule has 0 saturated heterocycles. The maximum absolute atomic E-state index is 7.27. The Labute approximate surface area is 236 Å². The maximum Gasteiger partial charge on any atom is 0.685 e. The first kappa shape index (κ1) is 27.6. The van der Waals surface area contributed by atoms with E-state index in [0.29, 0.717) is 0 Å². The fourth-order valence-electron chi connectivity index (χ4n) is 5.74. The minimum Gasteiger partial charge on any atom is -0.618 e. The minimum absolute atomic E-state index is 0.00656. The van der Waals surface area contributed by atoms with Gasteiger partial charge in [-0.2, -0.15) is 0 Å². The third kappa shape index (κ3) is 4.60. The van der Waals surface area contributed by atoms with E-state index in [4.69, 9.17) is 9.31 Å². The molecule has 0 aliphatic carbocycles. The van der Waals surface area contributed by atoms with Gasteiger partial charge in [0.1, 0.15) is 12.0 Å². The second kappa shape index (κ2) is 8.50. The number of benzene rings is 3. The normalized spacial score (nSPS) is 18.9. The van der Waals surface area contributed by atoms with Gasteiger partial charge in [-0.15, -0.1) is 0 Å². The third-order valence-electron chi connectivity index (χ3n) is 8.23. The second-order valence-corrected chi connectivity index (χ2v) is 15.7. The van der Waals surface area contributed by atoms with Crippen molar-refractivity contribution >= 4 is 24.1 Å². The predicted molar refractivity (Wildman–Crippen MR) is 166 cm³/mol. The average Bonchev–Trinajstić information content (AvgIpc) is 3.13. The first-order chi connectivity index (χ1) is 17.8. The summed E-state index contributed by atoms with van der Waals surface area (Å²) in [5, 5.41) is 0. The van der Waals surface area contributed by atoms with Crippen molar-refractivity contribution in [1.29, 1.82) is 0 Å². The van der Waals surface area contributed by atoms with E-state index in [1.165, 1.54) is 22.3 Å². The lowest BCUT2D eigenvalue weighted by Gasteiger charge is -2.39. The van der Waals surface area contributed by atoms with Crippen molar-refractivity contribution < 1.29 is 13.8 Å². The summed E-state index contributed by atoms with van der Waals surface area (Å²) in [6, 6.07) is 19.8. The zero-order valence-corrected chi connectivity index (χ0v) is 26.1. The van der Waals surface area contributed by atoms with Crippen LogP contribution in [0.2, 0.25) is 0 Å². The lowest BCUT2D eigenvalue weighted by Crippen LogP contribution is -2.65. The number of rotatable bonds is 1. The molecule has 0 bridgehead atoms. The summed E-state index contributed by atoms with van der Waals surface area (Å²) in [6.45, 7) is 25.2. The fraction of sp³-hybridized carbons (Fsp3) is 0.457. The molecule has 0 saturated carbocycles. The Morgan fingerprint density at radius 2 is 1.05 bits per heavy atom. The van der Waals surface area contributed by atoms with Crippen LogP contribution >= 0.6 is 0 Å². The second-order valence-electron chi connectivity index (χ2n) is 15.7. The molecule has 206 valence electrons. The molecule has 4 heteroatoms. The Hall–Kier alpha value is -3.01. The molecule has 2 heterocycles. The summed E-state index contributed by atoms with van der Waals surface area (Å²) in [4.78, 5) is 0. The van der Waals surface area contributed by atoms with Crippen LogP contribution in [0.5, 0.6) is 11.5 Å². The summed E-state index contributed by atoms with van der Waals surface area (Å²) in [5.41, 5.74) is 8.06. The van der Waals surface area contributed by atoms with Crippen LogP contribution in [0.1, 0.15) is 111 Å². The summed E-state index contributed by atoms with van der Waals surface area (Å²) >= 11 is 0. The number of hydrogen-bond donors (Lipinski definition) is 0. The zero-order valence-electron chi connectivity index (χ0n) is 26.1. The largest absolute Gasteiger partial charge is 0.685 e. The molecule has 3 aromatic carbocycles. The quantitative estimate of drug-likeness (QED) is 0.300.